The Morgan fingerprint density at radius 2 is 1.88 bits per heavy atom. The smallest absolute Gasteiger partial charge is 0.306 e. The van der Waals surface area contributed by atoms with Gasteiger partial charge in [0.05, 0.1) is 23.7 Å². The van der Waals surface area contributed by atoms with E-state index in [4.69, 9.17) is 14.9 Å². The van der Waals surface area contributed by atoms with Crippen LogP contribution in [0.15, 0.2) is 53.1 Å². The maximum atomic E-state index is 13.1. The van der Waals surface area contributed by atoms with Crippen LogP contribution in [0.5, 0.6) is 5.75 Å². The fourth-order valence-electron chi connectivity index (χ4n) is 3.78. The predicted molar refractivity (Wildman–Crippen MR) is 125 cm³/mol. The standard InChI is InChI=1S/C26H28N2O5/c1-4-19(23-14-28-24(33-23)11-16(3)26(31)32)25(27)22(30)12-17-9-10-18(29)13-21(17)20-8-6-5-7-15(20)2/h5-10,13-14,16,19,27,29H,4,11-12H2,1-3H3,(H,31,32). The molecule has 0 radical (unpaired) electrons. The van der Waals surface area contributed by atoms with Crippen LogP contribution in [0, 0.1) is 18.3 Å². The summed E-state index contributed by atoms with van der Waals surface area (Å²) in [6, 6.07) is 12.6. The first-order chi connectivity index (χ1) is 15.7. The molecule has 3 aromatic rings. The van der Waals surface area contributed by atoms with Crippen molar-refractivity contribution in [2.45, 2.75) is 46.0 Å². The third-order valence-electron chi connectivity index (χ3n) is 5.75. The molecule has 0 bridgehead atoms. The van der Waals surface area contributed by atoms with E-state index in [0.717, 1.165) is 22.3 Å². The number of aryl methyl sites for hydroxylation is 1. The molecule has 0 aliphatic rings. The molecule has 0 saturated carbocycles. The number of Topliss-reactive ketones (excluding diaryl/α,β-unsaturated/α-hetero) is 1. The van der Waals surface area contributed by atoms with Crippen molar-refractivity contribution in [3.05, 3.63) is 71.4 Å². The lowest BCUT2D eigenvalue weighted by Crippen LogP contribution is -2.23. The molecule has 7 nitrogen and oxygen atoms in total. The van der Waals surface area contributed by atoms with Gasteiger partial charge in [-0.2, -0.15) is 0 Å². The number of aromatic hydroxyl groups is 1. The van der Waals surface area contributed by atoms with Gasteiger partial charge in [0.15, 0.2) is 11.7 Å². The Bertz CT molecular complexity index is 1180. The lowest BCUT2D eigenvalue weighted by molar-refractivity contribution is -0.141. The van der Waals surface area contributed by atoms with Crippen molar-refractivity contribution in [1.29, 1.82) is 5.41 Å². The van der Waals surface area contributed by atoms with Crippen LogP contribution >= 0.6 is 0 Å². The van der Waals surface area contributed by atoms with Gasteiger partial charge >= 0.3 is 5.97 Å². The second-order valence-corrected chi connectivity index (χ2v) is 8.23. The van der Waals surface area contributed by atoms with E-state index >= 15 is 0 Å². The molecule has 0 fully saturated rings. The number of nitrogens with zero attached hydrogens (tertiary/aromatic N) is 1. The first-order valence-corrected chi connectivity index (χ1v) is 10.9. The second-order valence-electron chi connectivity index (χ2n) is 8.23. The van der Waals surface area contributed by atoms with Gasteiger partial charge in [0.2, 0.25) is 0 Å². The van der Waals surface area contributed by atoms with Gasteiger partial charge in [0.25, 0.3) is 0 Å². The number of carboxylic acids is 1. The maximum absolute atomic E-state index is 13.1. The van der Waals surface area contributed by atoms with Crippen LogP contribution in [0.2, 0.25) is 0 Å². The van der Waals surface area contributed by atoms with Crippen molar-refractivity contribution in [3.63, 3.8) is 0 Å². The number of phenolic OH excluding ortho intramolecular Hbond substituents is 1. The highest BCUT2D eigenvalue weighted by atomic mass is 16.4. The van der Waals surface area contributed by atoms with Crippen molar-refractivity contribution in [2.75, 3.05) is 0 Å². The number of nitrogens with one attached hydrogen (secondary N) is 1. The molecular formula is C26H28N2O5. The van der Waals surface area contributed by atoms with E-state index in [1.807, 2.05) is 38.1 Å². The number of carboxylic acid groups (broad SMARTS) is 1. The van der Waals surface area contributed by atoms with Gasteiger partial charge in [0.1, 0.15) is 11.5 Å². The summed E-state index contributed by atoms with van der Waals surface area (Å²) in [5, 5.41) is 27.6. The number of rotatable bonds is 10. The number of hydrogen-bond donors (Lipinski definition) is 3. The Morgan fingerprint density at radius 3 is 2.55 bits per heavy atom. The zero-order valence-electron chi connectivity index (χ0n) is 19.0. The summed E-state index contributed by atoms with van der Waals surface area (Å²) in [6.07, 6.45) is 2.09. The number of benzene rings is 2. The number of carbonyl (C=O) groups is 2. The third kappa shape index (κ3) is 5.55. The van der Waals surface area contributed by atoms with Gasteiger partial charge in [0, 0.05) is 12.8 Å². The van der Waals surface area contributed by atoms with Crippen molar-refractivity contribution in [2.24, 2.45) is 5.92 Å². The number of hydrogen-bond acceptors (Lipinski definition) is 6. The Hall–Kier alpha value is -3.74. The summed E-state index contributed by atoms with van der Waals surface area (Å²) in [7, 11) is 0. The fourth-order valence-corrected chi connectivity index (χ4v) is 3.78. The minimum atomic E-state index is -0.942. The molecule has 0 aliphatic heterocycles. The molecule has 2 atom stereocenters. The number of aliphatic carboxylic acids is 1. The van der Waals surface area contributed by atoms with Crippen molar-refractivity contribution in [1.82, 2.24) is 4.98 Å². The topological polar surface area (TPSA) is 124 Å². The Kier molecular flexibility index (Phi) is 7.43. The van der Waals surface area contributed by atoms with Crippen LogP contribution in [0.4, 0.5) is 0 Å². The van der Waals surface area contributed by atoms with Crippen LogP contribution in [0.3, 0.4) is 0 Å². The van der Waals surface area contributed by atoms with E-state index in [1.165, 1.54) is 12.3 Å². The highest BCUT2D eigenvalue weighted by Crippen LogP contribution is 2.31. The molecule has 0 amide bonds. The minimum absolute atomic E-state index is 0.0102. The summed E-state index contributed by atoms with van der Waals surface area (Å²) in [6.45, 7) is 5.39. The summed E-state index contributed by atoms with van der Waals surface area (Å²) in [4.78, 5) is 28.3. The van der Waals surface area contributed by atoms with Crippen LogP contribution < -0.4 is 0 Å². The van der Waals surface area contributed by atoms with Gasteiger partial charge < -0.3 is 20.0 Å². The van der Waals surface area contributed by atoms with Gasteiger partial charge in [-0.05, 0) is 47.7 Å². The van der Waals surface area contributed by atoms with Crippen molar-refractivity contribution in [3.8, 4) is 16.9 Å². The van der Waals surface area contributed by atoms with E-state index in [2.05, 4.69) is 4.98 Å². The van der Waals surface area contributed by atoms with Crippen LogP contribution in [0.25, 0.3) is 11.1 Å². The van der Waals surface area contributed by atoms with E-state index in [-0.39, 0.29) is 36.0 Å². The average Bonchev–Trinajstić information content (AvgIpc) is 3.23. The van der Waals surface area contributed by atoms with Crippen LogP contribution in [0.1, 0.15) is 49.0 Å². The largest absolute Gasteiger partial charge is 0.508 e. The zero-order chi connectivity index (χ0) is 24.1. The number of phenols is 1. The van der Waals surface area contributed by atoms with Crippen molar-refractivity contribution < 1.29 is 24.2 Å². The normalized spacial score (nSPS) is 12.8. The summed E-state index contributed by atoms with van der Waals surface area (Å²) < 4.78 is 5.70. The van der Waals surface area contributed by atoms with Gasteiger partial charge in [-0.25, -0.2) is 4.98 Å². The van der Waals surface area contributed by atoms with E-state index < -0.39 is 17.8 Å². The summed E-state index contributed by atoms with van der Waals surface area (Å²) in [5.74, 6) is -1.74. The quantitative estimate of drug-likeness (QED) is 0.377. The first kappa shape index (κ1) is 23.9. The molecule has 1 aromatic heterocycles. The summed E-state index contributed by atoms with van der Waals surface area (Å²) in [5.41, 5.74) is 3.33. The van der Waals surface area contributed by atoms with Gasteiger partial charge in [-0.1, -0.05) is 44.2 Å². The maximum Gasteiger partial charge on any atom is 0.306 e. The highest BCUT2D eigenvalue weighted by molar-refractivity contribution is 6.41. The van der Waals surface area contributed by atoms with E-state index in [0.29, 0.717) is 12.2 Å². The lowest BCUT2D eigenvalue weighted by Gasteiger charge is -2.15. The second kappa shape index (κ2) is 10.3. The van der Waals surface area contributed by atoms with Gasteiger partial charge in [-0.3, -0.25) is 9.59 Å². The number of oxazole rings is 1. The number of aromatic nitrogens is 1. The molecule has 33 heavy (non-hydrogen) atoms. The van der Waals surface area contributed by atoms with Crippen LogP contribution in [-0.2, 0) is 22.4 Å². The SMILES string of the molecule is CCC(C(=N)C(=O)Cc1ccc(O)cc1-c1ccccc1C)c1cnc(CC(C)C(=O)O)o1. The van der Waals surface area contributed by atoms with E-state index in [1.54, 1.807) is 19.1 Å². The number of ketones is 1. The molecular weight excluding hydrogens is 420 g/mol. The average molecular weight is 449 g/mol. The molecule has 2 aromatic carbocycles. The molecule has 3 rings (SSSR count). The Labute approximate surface area is 192 Å². The Balaban J connectivity index is 1.82. The fraction of sp³-hybridized carbons (Fsp3) is 0.308. The minimum Gasteiger partial charge on any atom is -0.508 e. The molecule has 0 spiro atoms. The third-order valence-corrected chi connectivity index (χ3v) is 5.75. The summed E-state index contributed by atoms with van der Waals surface area (Å²) >= 11 is 0. The number of carbonyl (C=O) groups excluding carboxylic acids is 1. The van der Waals surface area contributed by atoms with Crippen LogP contribution in [-0.4, -0.2) is 32.7 Å². The molecule has 7 heteroatoms. The molecule has 172 valence electrons. The highest BCUT2D eigenvalue weighted by Gasteiger charge is 2.26. The molecule has 3 N–H and O–H groups in total. The first-order valence-electron chi connectivity index (χ1n) is 10.9. The lowest BCUT2D eigenvalue weighted by atomic mass is 9.89. The van der Waals surface area contributed by atoms with E-state index in [9.17, 15) is 14.7 Å². The van der Waals surface area contributed by atoms with Gasteiger partial charge in [-0.15, -0.1) is 0 Å². The molecule has 0 aliphatic carbocycles. The molecule has 2 unspecified atom stereocenters. The monoisotopic (exact) mass is 448 g/mol. The van der Waals surface area contributed by atoms with Crippen molar-refractivity contribution >= 4 is 17.5 Å². The molecule has 1 heterocycles. The zero-order valence-corrected chi connectivity index (χ0v) is 19.0. The predicted octanol–water partition coefficient (Wildman–Crippen LogP) is 4.94. The molecule has 0 saturated heterocycles. The Morgan fingerprint density at radius 1 is 1.15 bits per heavy atom.